The minimum absolute atomic E-state index is 0.101. The first kappa shape index (κ1) is 21.3. The maximum Gasteiger partial charge on any atom is 0.241 e. The summed E-state index contributed by atoms with van der Waals surface area (Å²) < 4.78 is 6.86. The Kier molecular flexibility index (Phi) is 7.04. The molecule has 0 bridgehead atoms. The summed E-state index contributed by atoms with van der Waals surface area (Å²) in [5, 5.41) is 23.0. The fraction of sp³-hybridized carbons (Fsp3) is 0.263. The summed E-state index contributed by atoms with van der Waals surface area (Å²) in [6.07, 6.45) is 4.66. The van der Waals surface area contributed by atoms with Crippen LogP contribution in [0.5, 0.6) is 5.75 Å². The van der Waals surface area contributed by atoms with Gasteiger partial charge in [-0.2, -0.15) is 10.1 Å². The molecular weight excluding hydrogens is 410 g/mol. The van der Waals surface area contributed by atoms with Crippen LogP contribution in [0.2, 0.25) is 5.02 Å². The number of aliphatic hydroxyl groups is 1. The maximum absolute atomic E-state index is 11.5. The van der Waals surface area contributed by atoms with E-state index < -0.39 is 6.04 Å². The molecule has 0 spiro atoms. The second-order valence-electron chi connectivity index (χ2n) is 6.24. The highest BCUT2D eigenvalue weighted by atomic mass is 35.5. The van der Waals surface area contributed by atoms with Crippen LogP contribution in [0.3, 0.4) is 0 Å². The van der Waals surface area contributed by atoms with Gasteiger partial charge >= 0.3 is 0 Å². The summed E-state index contributed by atoms with van der Waals surface area (Å²) in [6.45, 7) is -0.0979. The van der Waals surface area contributed by atoms with Gasteiger partial charge in [-0.05, 0) is 6.07 Å². The van der Waals surface area contributed by atoms with E-state index in [1.807, 2.05) is 24.3 Å². The number of carbonyl (C=O) groups excluding carboxylic acids is 1. The average Bonchev–Trinajstić information content (AvgIpc) is 3.20. The van der Waals surface area contributed by atoms with Crippen molar-refractivity contribution in [3.8, 4) is 5.75 Å². The van der Waals surface area contributed by atoms with E-state index in [0.717, 1.165) is 5.56 Å². The van der Waals surface area contributed by atoms with Crippen LogP contribution in [0.1, 0.15) is 11.6 Å². The number of methoxy groups -OCH3 is 1. The fourth-order valence-electron chi connectivity index (χ4n) is 2.74. The van der Waals surface area contributed by atoms with Gasteiger partial charge in [-0.1, -0.05) is 29.8 Å². The first-order valence-electron chi connectivity index (χ1n) is 9.07. The highest BCUT2D eigenvalue weighted by molar-refractivity contribution is 6.32. The first-order chi connectivity index (χ1) is 14.5. The minimum atomic E-state index is -0.489. The Morgan fingerprint density at radius 1 is 1.33 bits per heavy atom. The van der Waals surface area contributed by atoms with Gasteiger partial charge in [0.05, 0.1) is 37.8 Å². The van der Waals surface area contributed by atoms with Crippen LogP contribution < -0.4 is 20.7 Å². The molecule has 1 aromatic carbocycles. The Balaban J connectivity index is 1.77. The third-order valence-electron chi connectivity index (χ3n) is 4.23. The van der Waals surface area contributed by atoms with Crippen molar-refractivity contribution in [1.29, 1.82) is 0 Å². The second-order valence-corrected chi connectivity index (χ2v) is 6.64. The van der Waals surface area contributed by atoms with Crippen molar-refractivity contribution in [2.75, 3.05) is 31.4 Å². The van der Waals surface area contributed by atoms with E-state index in [-0.39, 0.29) is 25.0 Å². The Hall–Kier alpha value is -3.37. The Morgan fingerprint density at radius 3 is 2.87 bits per heavy atom. The molecule has 2 heterocycles. The maximum atomic E-state index is 11.5. The molecule has 4 N–H and O–H groups in total. The van der Waals surface area contributed by atoms with Gasteiger partial charge in [0.1, 0.15) is 17.3 Å². The minimum Gasteiger partial charge on any atom is -0.496 e. The molecule has 0 aliphatic rings. The Bertz CT molecular complexity index is 1010. The smallest absolute Gasteiger partial charge is 0.241 e. The topological polar surface area (TPSA) is 126 Å². The SMILES string of the molecule is CNC(=O)Cn1cc(Nc2ncc(Cl)c(NC(CO)c3ccccc3OC)n2)cn1. The molecule has 0 aliphatic carbocycles. The summed E-state index contributed by atoms with van der Waals surface area (Å²) in [6, 6.07) is 6.87. The van der Waals surface area contributed by atoms with Crippen LogP contribution in [0.4, 0.5) is 17.5 Å². The van der Waals surface area contributed by atoms with Crippen LogP contribution in [0.25, 0.3) is 0 Å². The van der Waals surface area contributed by atoms with Crippen molar-refractivity contribution in [3.63, 3.8) is 0 Å². The van der Waals surface area contributed by atoms with Crippen molar-refractivity contribution in [2.45, 2.75) is 12.6 Å². The molecule has 0 radical (unpaired) electrons. The largest absolute Gasteiger partial charge is 0.496 e. The zero-order chi connectivity index (χ0) is 21.5. The van der Waals surface area contributed by atoms with E-state index >= 15 is 0 Å². The summed E-state index contributed by atoms with van der Waals surface area (Å²) in [4.78, 5) is 20.0. The first-order valence-corrected chi connectivity index (χ1v) is 9.44. The van der Waals surface area contributed by atoms with E-state index in [0.29, 0.717) is 22.3 Å². The number of nitrogens with one attached hydrogen (secondary N) is 3. The molecule has 2 aromatic heterocycles. The quantitative estimate of drug-likeness (QED) is 0.405. The molecule has 0 fully saturated rings. The molecule has 0 saturated heterocycles. The lowest BCUT2D eigenvalue weighted by Gasteiger charge is -2.20. The third-order valence-corrected chi connectivity index (χ3v) is 4.50. The van der Waals surface area contributed by atoms with Crippen LogP contribution in [-0.4, -0.2) is 51.5 Å². The number of hydrogen-bond donors (Lipinski definition) is 4. The summed E-state index contributed by atoms with van der Waals surface area (Å²) >= 11 is 6.25. The molecule has 30 heavy (non-hydrogen) atoms. The monoisotopic (exact) mass is 431 g/mol. The van der Waals surface area contributed by atoms with Crippen LogP contribution in [-0.2, 0) is 11.3 Å². The van der Waals surface area contributed by atoms with Gasteiger partial charge in [0.2, 0.25) is 11.9 Å². The fourth-order valence-corrected chi connectivity index (χ4v) is 2.89. The lowest BCUT2D eigenvalue weighted by Crippen LogP contribution is -2.23. The number of aliphatic hydroxyl groups excluding tert-OH is 1. The average molecular weight is 432 g/mol. The number of likely N-dealkylation sites (N-methyl/N-ethyl adjacent to an activating group) is 1. The Labute approximate surface area is 178 Å². The second kappa shape index (κ2) is 9.90. The molecule has 0 saturated carbocycles. The van der Waals surface area contributed by atoms with Crippen molar-refractivity contribution in [3.05, 3.63) is 53.4 Å². The van der Waals surface area contributed by atoms with Crippen molar-refractivity contribution >= 4 is 35.0 Å². The normalized spacial score (nSPS) is 11.6. The van der Waals surface area contributed by atoms with Gasteiger partial charge < -0.3 is 25.8 Å². The molecule has 11 heteroatoms. The zero-order valence-electron chi connectivity index (χ0n) is 16.5. The van der Waals surface area contributed by atoms with Crippen LogP contribution >= 0.6 is 11.6 Å². The number of aromatic nitrogens is 4. The van der Waals surface area contributed by atoms with Gasteiger partial charge in [0.25, 0.3) is 0 Å². The molecule has 1 atom stereocenters. The summed E-state index contributed by atoms with van der Waals surface area (Å²) in [5.41, 5.74) is 1.37. The summed E-state index contributed by atoms with van der Waals surface area (Å²) in [5.74, 6) is 1.09. The number of hydrogen-bond acceptors (Lipinski definition) is 8. The lowest BCUT2D eigenvalue weighted by atomic mass is 10.1. The van der Waals surface area contributed by atoms with Crippen molar-refractivity contribution < 1.29 is 14.6 Å². The number of amides is 1. The number of carbonyl (C=O) groups is 1. The molecule has 1 unspecified atom stereocenters. The number of halogens is 1. The molecule has 10 nitrogen and oxygen atoms in total. The lowest BCUT2D eigenvalue weighted by molar-refractivity contribution is -0.121. The van der Waals surface area contributed by atoms with Gasteiger partial charge in [-0.25, -0.2) is 4.98 Å². The summed E-state index contributed by atoms with van der Waals surface area (Å²) in [7, 11) is 3.13. The van der Waals surface area contributed by atoms with E-state index in [4.69, 9.17) is 16.3 Å². The molecule has 158 valence electrons. The van der Waals surface area contributed by atoms with Crippen molar-refractivity contribution in [2.24, 2.45) is 0 Å². The third kappa shape index (κ3) is 5.16. The van der Waals surface area contributed by atoms with Crippen LogP contribution in [0.15, 0.2) is 42.9 Å². The predicted octanol–water partition coefficient (Wildman–Crippen LogP) is 1.97. The van der Waals surface area contributed by atoms with Crippen LogP contribution in [0, 0.1) is 0 Å². The van der Waals surface area contributed by atoms with Gasteiger partial charge in [0.15, 0.2) is 5.82 Å². The van der Waals surface area contributed by atoms with Gasteiger partial charge in [-0.3, -0.25) is 9.48 Å². The number of benzene rings is 1. The molecule has 3 rings (SSSR count). The highest BCUT2D eigenvalue weighted by Gasteiger charge is 2.17. The number of anilines is 3. The number of para-hydroxylation sites is 1. The van der Waals surface area contributed by atoms with Gasteiger partial charge in [-0.15, -0.1) is 0 Å². The predicted molar refractivity (Wildman–Crippen MR) is 113 cm³/mol. The van der Waals surface area contributed by atoms with Crippen molar-refractivity contribution in [1.82, 2.24) is 25.1 Å². The number of nitrogens with zero attached hydrogens (tertiary/aromatic N) is 4. The molecule has 3 aromatic rings. The van der Waals surface area contributed by atoms with E-state index in [1.54, 1.807) is 26.6 Å². The molecule has 1 amide bonds. The highest BCUT2D eigenvalue weighted by Crippen LogP contribution is 2.30. The van der Waals surface area contributed by atoms with Gasteiger partial charge in [0, 0.05) is 18.8 Å². The number of ether oxygens (including phenoxy) is 1. The van der Waals surface area contributed by atoms with E-state index in [9.17, 15) is 9.90 Å². The number of rotatable bonds is 9. The standard InChI is InChI=1S/C19H22ClN7O3/c1-21-17(29)10-27-9-12(7-23-27)24-19-22-8-14(20)18(26-19)25-15(11-28)13-5-3-4-6-16(13)30-2/h3-9,15,28H,10-11H2,1-2H3,(H,21,29)(H2,22,24,25,26). The van der Waals surface area contributed by atoms with E-state index in [1.165, 1.54) is 10.9 Å². The van der Waals surface area contributed by atoms with E-state index in [2.05, 4.69) is 31.0 Å². The Morgan fingerprint density at radius 2 is 2.13 bits per heavy atom. The zero-order valence-corrected chi connectivity index (χ0v) is 17.2. The molecular formula is C19H22ClN7O3. The molecule has 0 aliphatic heterocycles.